The van der Waals surface area contributed by atoms with Gasteiger partial charge < -0.3 is 15.4 Å². The van der Waals surface area contributed by atoms with E-state index < -0.39 is 0 Å². The van der Waals surface area contributed by atoms with Gasteiger partial charge in [0.15, 0.2) is 0 Å². The number of carbonyl (C=O) groups is 1. The molecule has 5 heteroatoms. The van der Waals surface area contributed by atoms with E-state index in [4.69, 9.17) is 4.74 Å². The zero-order valence-electron chi connectivity index (χ0n) is 11.3. The second-order valence-corrected chi connectivity index (χ2v) is 4.92. The van der Waals surface area contributed by atoms with Crippen molar-refractivity contribution in [1.82, 2.24) is 15.6 Å². The van der Waals surface area contributed by atoms with Crippen molar-refractivity contribution in [3.05, 3.63) is 42.1 Å². The second-order valence-electron chi connectivity index (χ2n) is 4.92. The standard InChI is InChI=1S/C15H17N3O2/c1-20-14-9-16-8-13(14)18-15(19)11-4-5-12-10(7-11)3-2-6-17-12/h2-7,13-14,16H,8-9H2,1H3,(H,18,19)/t13-,14+/m1/s1. The number of rotatable bonds is 3. The minimum absolute atomic E-state index is 0.0112. The van der Waals surface area contributed by atoms with Crippen molar-refractivity contribution < 1.29 is 9.53 Å². The van der Waals surface area contributed by atoms with Crippen molar-refractivity contribution in [2.24, 2.45) is 0 Å². The van der Waals surface area contributed by atoms with Crippen molar-refractivity contribution in [2.75, 3.05) is 20.2 Å². The van der Waals surface area contributed by atoms with E-state index in [0.29, 0.717) is 5.56 Å². The van der Waals surface area contributed by atoms with Crippen LogP contribution in [0.1, 0.15) is 10.4 Å². The van der Waals surface area contributed by atoms with Crippen LogP contribution >= 0.6 is 0 Å². The summed E-state index contributed by atoms with van der Waals surface area (Å²) in [7, 11) is 1.67. The summed E-state index contributed by atoms with van der Waals surface area (Å²) in [6, 6.07) is 9.36. The molecule has 2 aromatic rings. The first-order chi connectivity index (χ1) is 9.78. The van der Waals surface area contributed by atoms with Crippen LogP contribution in [0.5, 0.6) is 0 Å². The molecule has 2 heterocycles. The highest BCUT2D eigenvalue weighted by atomic mass is 16.5. The van der Waals surface area contributed by atoms with Crippen molar-refractivity contribution >= 4 is 16.8 Å². The van der Waals surface area contributed by atoms with Crippen LogP contribution in [0.4, 0.5) is 0 Å². The van der Waals surface area contributed by atoms with E-state index in [1.165, 1.54) is 0 Å². The fourth-order valence-electron chi connectivity index (χ4n) is 2.51. The zero-order valence-corrected chi connectivity index (χ0v) is 11.3. The number of benzene rings is 1. The molecule has 20 heavy (non-hydrogen) atoms. The third-order valence-corrected chi connectivity index (χ3v) is 3.64. The Hall–Kier alpha value is -1.98. The van der Waals surface area contributed by atoms with Crippen LogP contribution in [0.3, 0.4) is 0 Å². The summed E-state index contributed by atoms with van der Waals surface area (Å²) in [6.45, 7) is 1.50. The Morgan fingerprint density at radius 2 is 2.30 bits per heavy atom. The molecule has 1 saturated heterocycles. The summed E-state index contributed by atoms with van der Waals surface area (Å²) >= 11 is 0. The van der Waals surface area contributed by atoms with Crippen LogP contribution in [0, 0.1) is 0 Å². The Balaban J connectivity index is 1.78. The molecule has 1 fully saturated rings. The zero-order chi connectivity index (χ0) is 13.9. The second kappa shape index (κ2) is 5.56. The monoisotopic (exact) mass is 271 g/mol. The number of nitrogens with one attached hydrogen (secondary N) is 2. The number of fused-ring (bicyclic) bond motifs is 1. The first-order valence-corrected chi connectivity index (χ1v) is 6.67. The highest BCUT2D eigenvalue weighted by molar-refractivity contribution is 5.98. The minimum Gasteiger partial charge on any atom is -0.378 e. The van der Waals surface area contributed by atoms with Gasteiger partial charge in [0.2, 0.25) is 0 Å². The summed E-state index contributed by atoms with van der Waals surface area (Å²) in [6.07, 6.45) is 1.77. The van der Waals surface area contributed by atoms with Gasteiger partial charge in [0.05, 0.1) is 17.7 Å². The SMILES string of the molecule is CO[C@H]1CNC[C@H]1NC(=O)c1ccc2ncccc2c1. The first kappa shape index (κ1) is 13.0. The maximum atomic E-state index is 12.3. The Morgan fingerprint density at radius 3 is 3.15 bits per heavy atom. The van der Waals surface area contributed by atoms with Gasteiger partial charge in [-0.15, -0.1) is 0 Å². The molecule has 1 aliphatic rings. The fourth-order valence-corrected chi connectivity index (χ4v) is 2.51. The third kappa shape index (κ3) is 2.50. The smallest absolute Gasteiger partial charge is 0.251 e. The summed E-state index contributed by atoms with van der Waals surface area (Å²) in [4.78, 5) is 16.5. The molecule has 2 N–H and O–H groups in total. The molecule has 0 aliphatic carbocycles. The number of pyridine rings is 1. The number of carbonyl (C=O) groups excluding carboxylic acids is 1. The highest BCUT2D eigenvalue weighted by Crippen LogP contribution is 2.14. The van der Waals surface area contributed by atoms with Crippen molar-refractivity contribution in [1.29, 1.82) is 0 Å². The van der Waals surface area contributed by atoms with Crippen LogP contribution in [0.15, 0.2) is 36.5 Å². The van der Waals surface area contributed by atoms with Gasteiger partial charge in [-0.3, -0.25) is 9.78 Å². The van der Waals surface area contributed by atoms with E-state index in [2.05, 4.69) is 15.6 Å². The lowest BCUT2D eigenvalue weighted by molar-refractivity contribution is 0.0780. The summed E-state index contributed by atoms with van der Waals surface area (Å²) in [5.74, 6) is -0.0773. The fraction of sp³-hybridized carbons (Fsp3) is 0.333. The maximum Gasteiger partial charge on any atom is 0.251 e. The van der Waals surface area contributed by atoms with Crippen molar-refractivity contribution in [2.45, 2.75) is 12.1 Å². The van der Waals surface area contributed by atoms with Gasteiger partial charge in [-0.25, -0.2) is 0 Å². The molecule has 1 aromatic carbocycles. The Labute approximate surface area is 117 Å². The van der Waals surface area contributed by atoms with Gasteiger partial charge in [0.25, 0.3) is 5.91 Å². The molecule has 3 rings (SSSR count). The molecule has 5 nitrogen and oxygen atoms in total. The summed E-state index contributed by atoms with van der Waals surface area (Å²) in [5.41, 5.74) is 1.54. The van der Waals surface area contributed by atoms with Crippen LogP contribution in [0.2, 0.25) is 0 Å². The van der Waals surface area contributed by atoms with Crippen LogP contribution in [-0.4, -0.2) is 43.2 Å². The molecule has 0 spiro atoms. The molecule has 1 aliphatic heterocycles. The number of hydrogen-bond acceptors (Lipinski definition) is 4. The quantitative estimate of drug-likeness (QED) is 0.872. The van der Waals surface area contributed by atoms with Gasteiger partial charge in [-0.2, -0.15) is 0 Å². The summed E-state index contributed by atoms with van der Waals surface area (Å²) in [5, 5.41) is 7.19. The number of nitrogens with zero attached hydrogens (tertiary/aromatic N) is 1. The Bertz CT molecular complexity index is 629. The first-order valence-electron chi connectivity index (χ1n) is 6.67. The Morgan fingerprint density at radius 1 is 1.40 bits per heavy atom. The highest BCUT2D eigenvalue weighted by Gasteiger charge is 2.28. The van der Waals surface area contributed by atoms with Gasteiger partial charge >= 0.3 is 0 Å². The predicted octanol–water partition coefficient (Wildman–Crippen LogP) is 0.951. The van der Waals surface area contributed by atoms with Gasteiger partial charge in [-0.1, -0.05) is 6.07 Å². The average molecular weight is 271 g/mol. The molecule has 1 amide bonds. The van der Waals surface area contributed by atoms with E-state index in [-0.39, 0.29) is 18.1 Å². The van der Waals surface area contributed by atoms with Gasteiger partial charge in [0, 0.05) is 37.3 Å². The minimum atomic E-state index is -0.0773. The third-order valence-electron chi connectivity index (χ3n) is 3.64. The maximum absolute atomic E-state index is 12.3. The van der Waals surface area contributed by atoms with Crippen LogP contribution in [0.25, 0.3) is 10.9 Å². The average Bonchev–Trinajstić information content (AvgIpc) is 2.94. The molecule has 0 saturated carbocycles. The number of methoxy groups -OCH3 is 1. The number of hydrogen-bond donors (Lipinski definition) is 2. The van der Waals surface area contributed by atoms with Crippen LogP contribution in [-0.2, 0) is 4.74 Å². The van der Waals surface area contributed by atoms with E-state index in [1.54, 1.807) is 19.4 Å². The summed E-state index contributed by atoms with van der Waals surface area (Å²) < 4.78 is 5.34. The molecular formula is C15H17N3O2. The molecule has 1 aromatic heterocycles. The lowest BCUT2D eigenvalue weighted by atomic mass is 10.1. The van der Waals surface area contributed by atoms with Crippen LogP contribution < -0.4 is 10.6 Å². The van der Waals surface area contributed by atoms with E-state index in [0.717, 1.165) is 24.0 Å². The molecule has 0 radical (unpaired) electrons. The number of aromatic nitrogens is 1. The van der Waals surface area contributed by atoms with Gasteiger partial charge in [0.1, 0.15) is 0 Å². The van der Waals surface area contributed by atoms with E-state index in [9.17, 15) is 4.79 Å². The van der Waals surface area contributed by atoms with E-state index >= 15 is 0 Å². The molecule has 104 valence electrons. The largest absolute Gasteiger partial charge is 0.378 e. The normalized spacial score (nSPS) is 22.1. The lowest BCUT2D eigenvalue weighted by Gasteiger charge is -2.18. The lowest BCUT2D eigenvalue weighted by Crippen LogP contribution is -2.43. The Kier molecular flexibility index (Phi) is 3.62. The van der Waals surface area contributed by atoms with Gasteiger partial charge in [-0.05, 0) is 24.3 Å². The van der Waals surface area contributed by atoms with Crippen molar-refractivity contribution in [3.8, 4) is 0 Å². The topological polar surface area (TPSA) is 63.2 Å². The molecule has 0 unspecified atom stereocenters. The van der Waals surface area contributed by atoms with Crippen molar-refractivity contribution in [3.63, 3.8) is 0 Å². The molecule has 2 atom stereocenters. The number of amides is 1. The molecule has 0 bridgehead atoms. The van der Waals surface area contributed by atoms with E-state index in [1.807, 2.05) is 24.3 Å². The molecular weight excluding hydrogens is 254 g/mol. The number of ether oxygens (including phenoxy) is 1. The predicted molar refractivity (Wildman–Crippen MR) is 76.7 cm³/mol.